The second-order valence-corrected chi connectivity index (χ2v) is 8.52. The van der Waals surface area contributed by atoms with E-state index >= 15 is 0 Å². The zero-order valence-corrected chi connectivity index (χ0v) is 17.5. The van der Waals surface area contributed by atoms with E-state index in [9.17, 15) is 20.4 Å². The Morgan fingerprint density at radius 3 is 2.88 bits per heavy atom. The minimum atomic E-state index is -1.24. The highest BCUT2D eigenvalue weighted by atomic mass is 16.6. The van der Waals surface area contributed by atoms with Gasteiger partial charge in [0.15, 0.2) is 23.2 Å². The van der Waals surface area contributed by atoms with Crippen LogP contribution in [-0.4, -0.2) is 77.0 Å². The van der Waals surface area contributed by atoms with Gasteiger partial charge >= 0.3 is 0 Å². The predicted molar refractivity (Wildman–Crippen MR) is 116 cm³/mol. The van der Waals surface area contributed by atoms with Crippen LogP contribution in [-0.2, 0) is 4.74 Å². The molecular formula is C22H27N5O5. The molecule has 0 bridgehead atoms. The summed E-state index contributed by atoms with van der Waals surface area (Å²) in [6, 6.07) is 0. The van der Waals surface area contributed by atoms with E-state index in [2.05, 4.69) is 26.3 Å². The molecule has 1 aliphatic heterocycles. The second-order valence-electron chi connectivity index (χ2n) is 8.52. The highest BCUT2D eigenvalue weighted by Gasteiger charge is 2.44. The SMILES string of the molecule is OC[C@H]1O[C@@H](n2cnc3c(NCC4(O)CCCC5=C4C=CC=CC5)ncnc32)[C@H](O)[C@@H]1O. The number of aromatic nitrogens is 4. The van der Waals surface area contributed by atoms with Crippen molar-refractivity contribution in [1.29, 1.82) is 0 Å². The Morgan fingerprint density at radius 1 is 1.19 bits per heavy atom. The van der Waals surface area contributed by atoms with Crippen LogP contribution in [0.1, 0.15) is 31.9 Å². The third-order valence-electron chi connectivity index (χ3n) is 6.52. The number of fused-ring (bicyclic) bond motifs is 1. The smallest absolute Gasteiger partial charge is 0.167 e. The zero-order valence-electron chi connectivity index (χ0n) is 17.5. The van der Waals surface area contributed by atoms with Crippen LogP contribution in [0, 0.1) is 0 Å². The number of anilines is 1. The van der Waals surface area contributed by atoms with Gasteiger partial charge in [-0.05, 0) is 31.3 Å². The molecule has 0 aromatic carbocycles. The molecule has 3 aliphatic rings. The van der Waals surface area contributed by atoms with Crippen LogP contribution >= 0.6 is 0 Å². The number of aliphatic hydroxyl groups is 4. The molecule has 170 valence electrons. The van der Waals surface area contributed by atoms with Crippen LogP contribution in [0.2, 0.25) is 0 Å². The third kappa shape index (κ3) is 3.54. The van der Waals surface area contributed by atoms with Gasteiger partial charge in [-0.2, -0.15) is 0 Å². The number of hydrogen-bond donors (Lipinski definition) is 5. The molecule has 5 N–H and O–H groups in total. The lowest BCUT2D eigenvalue weighted by molar-refractivity contribution is -0.0511. The van der Waals surface area contributed by atoms with E-state index in [0.29, 0.717) is 23.4 Å². The lowest BCUT2D eigenvalue weighted by atomic mass is 9.78. The van der Waals surface area contributed by atoms with Crippen LogP contribution in [0.4, 0.5) is 5.82 Å². The molecule has 5 atom stereocenters. The summed E-state index contributed by atoms with van der Waals surface area (Å²) >= 11 is 0. The lowest BCUT2D eigenvalue weighted by Crippen LogP contribution is -2.41. The maximum atomic E-state index is 11.4. The van der Waals surface area contributed by atoms with Crippen LogP contribution in [0.25, 0.3) is 11.2 Å². The summed E-state index contributed by atoms with van der Waals surface area (Å²) in [7, 11) is 0. The predicted octanol–water partition coefficient (Wildman–Crippen LogP) is 0.577. The molecule has 1 fully saturated rings. The summed E-state index contributed by atoms with van der Waals surface area (Å²) in [6.07, 6.45) is 10.0. The van der Waals surface area contributed by atoms with E-state index < -0.39 is 36.7 Å². The third-order valence-corrected chi connectivity index (χ3v) is 6.52. The van der Waals surface area contributed by atoms with E-state index in [4.69, 9.17) is 4.74 Å². The largest absolute Gasteiger partial charge is 0.394 e. The van der Waals surface area contributed by atoms with Gasteiger partial charge in [0.05, 0.1) is 12.9 Å². The number of nitrogens with one attached hydrogen (secondary N) is 1. The Morgan fingerprint density at radius 2 is 2.06 bits per heavy atom. The van der Waals surface area contributed by atoms with Gasteiger partial charge in [0.25, 0.3) is 0 Å². The molecule has 0 saturated carbocycles. The highest BCUT2D eigenvalue weighted by Crippen LogP contribution is 2.38. The van der Waals surface area contributed by atoms with Crippen molar-refractivity contribution < 1.29 is 25.2 Å². The standard InChI is InChI=1S/C22H27N5O5/c28-9-15-17(29)18(30)21(32-15)27-12-26-16-19(24-11-25-20(16)27)23-10-22(31)8-4-6-13-5-2-1-3-7-14(13)22/h1-3,7,11-12,15,17-18,21,28-31H,4-6,8-10H2,(H,23,24,25)/t15-,17-,18-,21-,22?/m1/s1. The van der Waals surface area contributed by atoms with E-state index in [1.165, 1.54) is 22.8 Å². The molecule has 0 radical (unpaired) electrons. The Kier molecular flexibility index (Phi) is 5.56. The first-order valence-electron chi connectivity index (χ1n) is 10.8. The van der Waals surface area contributed by atoms with Crippen molar-refractivity contribution in [2.75, 3.05) is 18.5 Å². The van der Waals surface area contributed by atoms with Crippen molar-refractivity contribution in [3.05, 3.63) is 48.1 Å². The number of imidazole rings is 1. The number of nitrogens with zero attached hydrogens (tertiary/aromatic N) is 4. The van der Waals surface area contributed by atoms with Gasteiger partial charge < -0.3 is 30.5 Å². The number of allylic oxidation sites excluding steroid dienone is 4. The normalized spacial score (nSPS) is 32.4. The Bertz CT molecular complexity index is 1100. The average molecular weight is 441 g/mol. The molecule has 2 aromatic heterocycles. The van der Waals surface area contributed by atoms with E-state index in [1.807, 2.05) is 18.2 Å². The fourth-order valence-corrected chi connectivity index (χ4v) is 4.81. The maximum Gasteiger partial charge on any atom is 0.167 e. The number of rotatable bonds is 5. The maximum absolute atomic E-state index is 11.4. The fraction of sp³-hybridized carbons (Fsp3) is 0.500. The van der Waals surface area contributed by atoms with Crippen LogP contribution in [0.15, 0.2) is 48.1 Å². The van der Waals surface area contributed by atoms with Crippen LogP contribution in [0.3, 0.4) is 0 Å². The van der Waals surface area contributed by atoms with Gasteiger partial charge in [0, 0.05) is 6.54 Å². The number of hydrogen-bond acceptors (Lipinski definition) is 9. The summed E-state index contributed by atoms with van der Waals surface area (Å²) in [6.45, 7) is -0.146. The molecule has 1 saturated heterocycles. The minimum Gasteiger partial charge on any atom is -0.394 e. The molecule has 10 heteroatoms. The van der Waals surface area contributed by atoms with Crippen molar-refractivity contribution in [3.8, 4) is 0 Å². The van der Waals surface area contributed by atoms with Gasteiger partial charge in [-0.25, -0.2) is 15.0 Å². The highest BCUT2D eigenvalue weighted by molar-refractivity contribution is 5.82. The summed E-state index contributed by atoms with van der Waals surface area (Å²) in [5.41, 5.74) is 2.07. The molecule has 2 aliphatic carbocycles. The molecule has 1 unspecified atom stereocenters. The molecule has 10 nitrogen and oxygen atoms in total. The van der Waals surface area contributed by atoms with Gasteiger partial charge in [-0.1, -0.05) is 29.9 Å². The quantitative estimate of drug-likeness (QED) is 0.450. The van der Waals surface area contributed by atoms with Crippen LogP contribution < -0.4 is 5.32 Å². The van der Waals surface area contributed by atoms with Crippen molar-refractivity contribution in [2.45, 2.75) is 55.8 Å². The average Bonchev–Trinajstić information content (AvgIpc) is 3.23. The Labute approximate surface area is 184 Å². The molecule has 0 spiro atoms. The molecule has 2 aromatic rings. The molecule has 3 heterocycles. The van der Waals surface area contributed by atoms with Crippen molar-refractivity contribution >= 4 is 17.0 Å². The monoisotopic (exact) mass is 441 g/mol. The first-order chi connectivity index (χ1) is 15.5. The molecule has 0 amide bonds. The zero-order chi connectivity index (χ0) is 22.3. The van der Waals surface area contributed by atoms with E-state index in [-0.39, 0.29) is 6.54 Å². The van der Waals surface area contributed by atoms with Gasteiger partial charge in [-0.3, -0.25) is 4.57 Å². The van der Waals surface area contributed by atoms with E-state index in [1.54, 1.807) is 0 Å². The minimum absolute atomic E-state index is 0.267. The molecular weight excluding hydrogens is 414 g/mol. The fourth-order valence-electron chi connectivity index (χ4n) is 4.81. The Balaban J connectivity index is 1.41. The van der Waals surface area contributed by atoms with Gasteiger partial charge in [0.2, 0.25) is 0 Å². The van der Waals surface area contributed by atoms with Crippen molar-refractivity contribution in [1.82, 2.24) is 19.5 Å². The van der Waals surface area contributed by atoms with Gasteiger partial charge in [-0.15, -0.1) is 0 Å². The summed E-state index contributed by atoms with van der Waals surface area (Å²) < 4.78 is 7.12. The van der Waals surface area contributed by atoms with E-state index in [0.717, 1.165) is 24.8 Å². The first-order valence-corrected chi connectivity index (χ1v) is 10.8. The van der Waals surface area contributed by atoms with Crippen molar-refractivity contribution in [2.24, 2.45) is 0 Å². The molecule has 5 rings (SSSR count). The van der Waals surface area contributed by atoms with Gasteiger partial charge in [0.1, 0.15) is 30.2 Å². The number of ether oxygens (including phenoxy) is 1. The first kappa shape index (κ1) is 21.2. The topological polar surface area (TPSA) is 146 Å². The van der Waals surface area contributed by atoms with Crippen molar-refractivity contribution in [3.63, 3.8) is 0 Å². The van der Waals surface area contributed by atoms with Crippen LogP contribution in [0.5, 0.6) is 0 Å². The molecule has 32 heavy (non-hydrogen) atoms. The Hall–Kier alpha value is -2.63. The summed E-state index contributed by atoms with van der Waals surface area (Å²) in [5, 5.41) is 44.5. The summed E-state index contributed by atoms with van der Waals surface area (Å²) in [4.78, 5) is 13.0. The number of aliphatic hydroxyl groups excluding tert-OH is 3. The second kappa shape index (κ2) is 8.38. The summed E-state index contributed by atoms with van der Waals surface area (Å²) in [5.74, 6) is 0.456. The lowest BCUT2D eigenvalue weighted by Gasteiger charge is -2.35.